The first kappa shape index (κ1) is 20.1. The highest BCUT2D eigenvalue weighted by Crippen LogP contribution is 2.26. The van der Waals surface area contributed by atoms with Crippen LogP contribution in [0, 0.1) is 5.92 Å². The first-order valence-corrected chi connectivity index (χ1v) is 11.0. The minimum Gasteiger partial charge on any atom is -0.339 e. The number of aromatic nitrogens is 3. The quantitative estimate of drug-likeness (QED) is 0.496. The highest BCUT2D eigenvalue weighted by Gasteiger charge is 2.24. The van der Waals surface area contributed by atoms with E-state index in [9.17, 15) is 4.79 Å². The van der Waals surface area contributed by atoms with Crippen LogP contribution < -0.4 is 5.32 Å². The summed E-state index contributed by atoms with van der Waals surface area (Å²) in [6, 6.07) is 19.8. The van der Waals surface area contributed by atoms with Crippen molar-refractivity contribution in [2.45, 2.75) is 19.3 Å². The van der Waals surface area contributed by atoms with Crippen molar-refractivity contribution in [3.8, 4) is 0 Å². The predicted octanol–water partition coefficient (Wildman–Crippen LogP) is 4.86. The fourth-order valence-corrected chi connectivity index (χ4v) is 4.39. The highest BCUT2D eigenvalue weighted by atomic mass is 16.2. The second-order valence-electron chi connectivity index (χ2n) is 8.21. The van der Waals surface area contributed by atoms with Gasteiger partial charge in [-0.05, 0) is 61.1 Å². The minimum absolute atomic E-state index is 0.0768. The number of pyridine rings is 1. The molecule has 1 saturated heterocycles. The maximum Gasteiger partial charge on any atom is 0.253 e. The van der Waals surface area contributed by atoms with E-state index >= 15 is 0 Å². The van der Waals surface area contributed by atoms with Crippen LogP contribution in [0.25, 0.3) is 10.9 Å². The van der Waals surface area contributed by atoms with Gasteiger partial charge < -0.3 is 10.2 Å². The van der Waals surface area contributed by atoms with Crippen LogP contribution in [0.5, 0.6) is 0 Å². The van der Waals surface area contributed by atoms with E-state index in [0.29, 0.717) is 17.4 Å². The van der Waals surface area contributed by atoms with E-state index < -0.39 is 0 Å². The van der Waals surface area contributed by atoms with Crippen molar-refractivity contribution in [2.75, 3.05) is 18.4 Å². The van der Waals surface area contributed by atoms with Gasteiger partial charge in [0.2, 0.25) is 5.95 Å². The van der Waals surface area contributed by atoms with Crippen molar-refractivity contribution in [2.24, 2.45) is 5.92 Å². The molecule has 0 spiro atoms. The molecule has 1 aliphatic rings. The third kappa shape index (κ3) is 4.44. The first-order valence-electron chi connectivity index (χ1n) is 11.0. The van der Waals surface area contributed by atoms with E-state index in [2.05, 4.69) is 44.5 Å². The average Bonchev–Trinajstić information content (AvgIpc) is 2.85. The minimum atomic E-state index is 0.0768. The Balaban J connectivity index is 1.22. The van der Waals surface area contributed by atoms with E-state index in [1.165, 1.54) is 10.9 Å². The third-order valence-electron chi connectivity index (χ3n) is 6.06. The summed E-state index contributed by atoms with van der Waals surface area (Å²) >= 11 is 0. The molecule has 1 amide bonds. The third-order valence-corrected chi connectivity index (χ3v) is 6.06. The standard InChI is InChI=1S/C26H25N5O/c32-25(22-7-2-9-23(18-22)30-26-28-13-4-14-29-26)31-15-10-19(11-16-31)17-21-6-1-5-20-8-3-12-27-24(20)21/h1-9,12-14,18-19H,10-11,15-17H2,(H,28,29,30). The summed E-state index contributed by atoms with van der Waals surface area (Å²) in [7, 11) is 0. The van der Waals surface area contributed by atoms with Crippen LogP contribution in [-0.4, -0.2) is 38.8 Å². The Bertz CT molecular complexity index is 1210. The van der Waals surface area contributed by atoms with Gasteiger partial charge >= 0.3 is 0 Å². The number of carbonyl (C=O) groups is 1. The lowest BCUT2D eigenvalue weighted by Crippen LogP contribution is -2.38. The summed E-state index contributed by atoms with van der Waals surface area (Å²) in [5.41, 5.74) is 3.89. The molecule has 2 aromatic heterocycles. The number of hydrogen-bond donors (Lipinski definition) is 1. The Labute approximate surface area is 187 Å². The second-order valence-corrected chi connectivity index (χ2v) is 8.21. The van der Waals surface area contributed by atoms with Crippen LogP contribution in [0.15, 0.2) is 79.3 Å². The number of likely N-dealkylation sites (tertiary alicyclic amines) is 1. The summed E-state index contributed by atoms with van der Waals surface area (Å²) < 4.78 is 0. The SMILES string of the molecule is O=C(c1cccc(Nc2ncccn2)c1)N1CCC(Cc2cccc3cccnc23)CC1. The number of piperidine rings is 1. The lowest BCUT2D eigenvalue weighted by molar-refractivity contribution is 0.0690. The molecule has 5 rings (SSSR count). The number of anilines is 2. The van der Waals surface area contributed by atoms with Crippen molar-refractivity contribution in [3.63, 3.8) is 0 Å². The monoisotopic (exact) mass is 423 g/mol. The fraction of sp³-hybridized carbons (Fsp3) is 0.231. The van der Waals surface area contributed by atoms with E-state index in [4.69, 9.17) is 0 Å². The molecule has 1 N–H and O–H groups in total. The summed E-state index contributed by atoms with van der Waals surface area (Å²) in [4.78, 5) is 28.0. The molecule has 6 nitrogen and oxygen atoms in total. The van der Waals surface area contributed by atoms with E-state index in [0.717, 1.165) is 43.6 Å². The zero-order valence-corrected chi connectivity index (χ0v) is 17.8. The van der Waals surface area contributed by atoms with Crippen molar-refractivity contribution < 1.29 is 4.79 Å². The zero-order valence-electron chi connectivity index (χ0n) is 17.8. The molecule has 0 bridgehead atoms. The molecule has 0 unspecified atom stereocenters. The first-order chi connectivity index (χ1) is 15.8. The summed E-state index contributed by atoms with van der Waals surface area (Å²) in [6.45, 7) is 1.56. The van der Waals surface area contributed by atoms with Gasteiger partial charge in [-0.3, -0.25) is 9.78 Å². The smallest absolute Gasteiger partial charge is 0.253 e. The molecule has 0 atom stereocenters. The molecular formula is C26H25N5O. The number of amides is 1. The van der Waals surface area contributed by atoms with Crippen molar-refractivity contribution in [1.29, 1.82) is 0 Å². The number of para-hydroxylation sites is 1. The molecule has 1 aliphatic heterocycles. The lowest BCUT2D eigenvalue weighted by atomic mass is 9.89. The number of fused-ring (bicyclic) bond motifs is 1. The topological polar surface area (TPSA) is 71.0 Å². The van der Waals surface area contributed by atoms with Crippen molar-refractivity contribution >= 4 is 28.4 Å². The Kier molecular flexibility index (Phi) is 5.75. The van der Waals surface area contributed by atoms with Crippen molar-refractivity contribution in [1.82, 2.24) is 19.9 Å². The van der Waals surface area contributed by atoms with Crippen molar-refractivity contribution in [3.05, 3.63) is 90.4 Å². The van der Waals surface area contributed by atoms with Gasteiger partial charge in [0.15, 0.2) is 0 Å². The number of rotatable bonds is 5. The number of nitrogens with one attached hydrogen (secondary N) is 1. The van der Waals surface area contributed by atoms with Gasteiger partial charge in [-0.25, -0.2) is 9.97 Å². The Morgan fingerprint density at radius 2 is 1.66 bits per heavy atom. The largest absolute Gasteiger partial charge is 0.339 e. The van der Waals surface area contributed by atoms with Crippen LogP contribution >= 0.6 is 0 Å². The zero-order chi connectivity index (χ0) is 21.8. The molecule has 0 radical (unpaired) electrons. The average molecular weight is 424 g/mol. The van der Waals surface area contributed by atoms with Crippen LogP contribution in [0.4, 0.5) is 11.6 Å². The summed E-state index contributed by atoms with van der Waals surface area (Å²) in [6.07, 6.45) is 8.24. The van der Waals surface area contributed by atoms with Gasteiger partial charge in [0, 0.05) is 48.3 Å². The van der Waals surface area contributed by atoms with Crippen LogP contribution in [0.1, 0.15) is 28.8 Å². The van der Waals surface area contributed by atoms with Crippen LogP contribution in [0.2, 0.25) is 0 Å². The van der Waals surface area contributed by atoms with Gasteiger partial charge in [0.25, 0.3) is 5.91 Å². The highest BCUT2D eigenvalue weighted by molar-refractivity contribution is 5.95. The molecule has 3 heterocycles. The molecule has 2 aromatic carbocycles. The Morgan fingerprint density at radius 1 is 0.906 bits per heavy atom. The number of carbonyl (C=O) groups excluding carboxylic acids is 1. The molecule has 32 heavy (non-hydrogen) atoms. The maximum atomic E-state index is 13.1. The lowest BCUT2D eigenvalue weighted by Gasteiger charge is -2.32. The maximum absolute atomic E-state index is 13.1. The Morgan fingerprint density at radius 3 is 2.50 bits per heavy atom. The predicted molar refractivity (Wildman–Crippen MR) is 126 cm³/mol. The van der Waals surface area contributed by atoms with Gasteiger partial charge in [-0.15, -0.1) is 0 Å². The number of hydrogen-bond acceptors (Lipinski definition) is 5. The summed E-state index contributed by atoms with van der Waals surface area (Å²) in [5.74, 6) is 1.16. The van der Waals surface area contributed by atoms with E-state index in [1.807, 2.05) is 41.4 Å². The molecular weight excluding hydrogens is 398 g/mol. The number of benzene rings is 2. The normalized spacial score (nSPS) is 14.4. The van der Waals surface area contributed by atoms with Gasteiger partial charge in [-0.1, -0.05) is 30.3 Å². The molecule has 4 aromatic rings. The molecule has 0 saturated carbocycles. The van der Waals surface area contributed by atoms with Gasteiger partial charge in [0.1, 0.15) is 0 Å². The Hall–Kier alpha value is -3.80. The molecule has 1 fully saturated rings. The fourth-order valence-electron chi connectivity index (χ4n) is 4.39. The van der Waals surface area contributed by atoms with Crippen LogP contribution in [-0.2, 0) is 6.42 Å². The number of nitrogens with zero attached hydrogens (tertiary/aromatic N) is 4. The van der Waals surface area contributed by atoms with E-state index in [1.54, 1.807) is 18.5 Å². The van der Waals surface area contributed by atoms with E-state index in [-0.39, 0.29) is 5.91 Å². The summed E-state index contributed by atoms with van der Waals surface area (Å²) in [5, 5.41) is 4.34. The molecule has 160 valence electrons. The van der Waals surface area contributed by atoms with Gasteiger partial charge in [0.05, 0.1) is 5.52 Å². The van der Waals surface area contributed by atoms with Gasteiger partial charge in [-0.2, -0.15) is 0 Å². The second kappa shape index (κ2) is 9.14. The van der Waals surface area contributed by atoms with Crippen LogP contribution in [0.3, 0.4) is 0 Å². The molecule has 0 aliphatic carbocycles. The molecule has 6 heteroatoms.